The molecule has 3 aromatic rings. The molecule has 3 rings (SSSR count). The number of hydrogen-bond acceptors (Lipinski definition) is 4. The van der Waals surface area contributed by atoms with Crippen molar-refractivity contribution in [3.8, 4) is 11.1 Å². The van der Waals surface area contributed by atoms with E-state index in [4.69, 9.17) is 17.3 Å². The predicted molar refractivity (Wildman–Crippen MR) is 125 cm³/mol. The number of rotatable bonds is 6. The highest BCUT2D eigenvalue weighted by atomic mass is 35.5. The third-order valence-electron chi connectivity index (χ3n) is 4.68. The van der Waals surface area contributed by atoms with Gasteiger partial charge in [0, 0.05) is 28.5 Å². The number of carbonyl (C=O) groups excluding carboxylic acids is 2. The molecule has 0 aliphatic rings. The number of amides is 2. The van der Waals surface area contributed by atoms with Crippen molar-refractivity contribution in [3.05, 3.63) is 76.4 Å². The Morgan fingerprint density at radius 3 is 2.45 bits per heavy atom. The molecule has 0 bridgehead atoms. The summed E-state index contributed by atoms with van der Waals surface area (Å²) in [5.74, 6) is -0.188. The van der Waals surface area contributed by atoms with Crippen LogP contribution in [0.25, 0.3) is 11.1 Å². The Hall–Kier alpha value is -3.38. The first-order valence-corrected chi connectivity index (χ1v) is 10.3. The van der Waals surface area contributed by atoms with Crippen LogP contribution in [0.2, 0.25) is 5.02 Å². The van der Waals surface area contributed by atoms with Gasteiger partial charge in [-0.15, -0.1) is 0 Å². The third kappa shape index (κ3) is 5.83. The molecule has 0 fully saturated rings. The quantitative estimate of drug-likeness (QED) is 0.525. The number of hydrogen-bond donors (Lipinski definition) is 3. The third-order valence-corrected chi connectivity index (χ3v) is 4.93. The van der Waals surface area contributed by atoms with Crippen LogP contribution in [0.3, 0.4) is 0 Å². The number of nitrogens with zero attached hydrogens (tertiary/aromatic N) is 1. The maximum absolute atomic E-state index is 12.4. The number of nitrogens with one attached hydrogen (secondary N) is 2. The van der Waals surface area contributed by atoms with Crippen LogP contribution >= 0.6 is 11.6 Å². The van der Waals surface area contributed by atoms with E-state index in [1.54, 1.807) is 24.4 Å². The average Bonchev–Trinajstić information content (AvgIpc) is 2.70. The van der Waals surface area contributed by atoms with Crippen molar-refractivity contribution in [1.82, 2.24) is 10.3 Å². The molecule has 1 aromatic heterocycles. The first kappa shape index (κ1) is 22.3. The SMILES string of the molecule is Cc1cc(NC(=O)Cc2ccc(Cl)cc2)ccc1-c1cnc(N)c(C(=O)NC(C)C)c1. The van der Waals surface area contributed by atoms with Crippen molar-refractivity contribution >= 4 is 34.9 Å². The molecule has 31 heavy (non-hydrogen) atoms. The second-order valence-electron chi connectivity index (χ2n) is 7.67. The topological polar surface area (TPSA) is 97.1 Å². The average molecular weight is 437 g/mol. The van der Waals surface area contributed by atoms with Crippen molar-refractivity contribution in [3.63, 3.8) is 0 Å². The fourth-order valence-corrected chi connectivity index (χ4v) is 3.33. The maximum Gasteiger partial charge on any atom is 0.255 e. The zero-order valence-electron chi connectivity index (χ0n) is 17.7. The first-order chi connectivity index (χ1) is 14.7. The van der Waals surface area contributed by atoms with Gasteiger partial charge >= 0.3 is 0 Å². The Labute approximate surface area is 186 Å². The van der Waals surface area contributed by atoms with Gasteiger partial charge in [-0.3, -0.25) is 9.59 Å². The minimum absolute atomic E-state index is 0.00643. The molecule has 1 heterocycles. The Morgan fingerprint density at radius 2 is 1.81 bits per heavy atom. The number of pyridine rings is 1. The number of benzene rings is 2. The van der Waals surface area contributed by atoms with E-state index in [9.17, 15) is 9.59 Å². The molecule has 4 N–H and O–H groups in total. The Bertz CT molecular complexity index is 1110. The summed E-state index contributed by atoms with van der Waals surface area (Å²) < 4.78 is 0. The number of anilines is 2. The minimum atomic E-state index is -0.259. The van der Waals surface area contributed by atoms with Gasteiger partial charge in [0.15, 0.2) is 0 Å². The molecule has 0 aliphatic carbocycles. The highest BCUT2D eigenvalue weighted by Crippen LogP contribution is 2.27. The lowest BCUT2D eigenvalue weighted by Crippen LogP contribution is -2.30. The van der Waals surface area contributed by atoms with Crippen molar-refractivity contribution < 1.29 is 9.59 Å². The molecule has 2 aromatic carbocycles. The Morgan fingerprint density at radius 1 is 1.10 bits per heavy atom. The zero-order chi connectivity index (χ0) is 22.5. The highest BCUT2D eigenvalue weighted by Gasteiger charge is 2.15. The molecule has 160 valence electrons. The lowest BCUT2D eigenvalue weighted by Gasteiger charge is -2.13. The molecule has 0 atom stereocenters. The second-order valence-corrected chi connectivity index (χ2v) is 8.10. The lowest BCUT2D eigenvalue weighted by atomic mass is 9.99. The molecule has 6 nitrogen and oxygen atoms in total. The van der Waals surface area contributed by atoms with Gasteiger partial charge in [-0.25, -0.2) is 4.98 Å². The van der Waals surface area contributed by atoms with Gasteiger partial charge in [0.05, 0.1) is 12.0 Å². The summed E-state index contributed by atoms with van der Waals surface area (Å²) in [4.78, 5) is 29.0. The van der Waals surface area contributed by atoms with Gasteiger partial charge in [-0.2, -0.15) is 0 Å². The molecule has 7 heteroatoms. The van der Waals surface area contributed by atoms with E-state index in [0.29, 0.717) is 16.3 Å². The predicted octanol–water partition coefficient (Wildman–Crippen LogP) is 4.61. The molecular formula is C24H25ClN4O2. The molecule has 0 aliphatic heterocycles. The van der Waals surface area contributed by atoms with Crippen molar-refractivity contribution in [2.24, 2.45) is 0 Å². The van der Waals surface area contributed by atoms with Crippen molar-refractivity contribution in [2.75, 3.05) is 11.1 Å². The van der Waals surface area contributed by atoms with E-state index in [1.807, 2.05) is 51.1 Å². The number of aromatic nitrogens is 1. The summed E-state index contributed by atoms with van der Waals surface area (Å²) in [6.07, 6.45) is 1.90. The summed E-state index contributed by atoms with van der Waals surface area (Å²) in [5, 5.41) is 6.38. The van der Waals surface area contributed by atoms with Crippen molar-refractivity contribution in [1.29, 1.82) is 0 Å². The normalized spacial score (nSPS) is 10.7. The fourth-order valence-electron chi connectivity index (χ4n) is 3.20. The molecular weight excluding hydrogens is 412 g/mol. The van der Waals surface area contributed by atoms with Crippen molar-refractivity contribution in [2.45, 2.75) is 33.2 Å². The Balaban J connectivity index is 1.77. The van der Waals surface area contributed by atoms with Crippen LogP contribution in [0.15, 0.2) is 54.7 Å². The maximum atomic E-state index is 12.4. The molecule has 2 amide bonds. The lowest BCUT2D eigenvalue weighted by molar-refractivity contribution is -0.115. The van der Waals surface area contributed by atoms with Gasteiger partial charge < -0.3 is 16.4 Å². The highest BCUT2D eigenvalue weighted by molar-refractivity contribution is 6.30. The van der Waals surface area contributed by atoms with E-state index in [2.05, 4.69) is 15.6 Å². The molecule has 0 saturated heterocycles. The minimum Gasteiger partial charge on any atom is -0.383 e. The molecule has 0 unspecified atom stereocenters. The van der Waals surface area contributed by atoms with Crippen LogP contribution in [0.4, 0.5) is 11.5 Å². The number of carbonyl (C=O) groups is 2. The summed E-state index contributed by atoms with van der Waals surface area (Å²) in [7, 11) is 0. The summed E-state index contributed by atoms with van der Waals surface area (Å²) in [6, 6.07) is 14.5. The summed E-state index contributed by atoms with van der Waals surface area (Å²) >= 11 is 5.88. The number of nitrogen functional groups attached to an aromatic ring is 1. The van der Waals surface area contributed by atoms with E-state index < -0.39 is 0 Å². The largest absolute Gasteiger partial charge is 0.383 e. The van der Waals surface area contributed by atoms with Crippen LogP contribution in [0.1, 0.15) is 35.3 Å². The molecule has 0 spiro atoms. The van der Waals surface area contributed by atoms with Gasteiger partial charge in [-0.05, 0) is 67.8 Å². The van der Waals surface area contributed by atoms with E-state index in [-0.39, 0.29) is 30.1 Å². The van der Waals surface area contributed by atoms with Gasteiger partial charge in [0.2, 0.25) is 5.91 Å². The second kappa shape index (κ2) is 9.62. The molecule has 0 radical (unpaired) electrons. The molecule has 0 saturated carbocycles. The Kier molecular flexibility index (Phi) is 6.92. The van der Waals surface area contributed by atoms with Crippen LogP contribution < -0.4 is 16.4 Å². The van der Waals surface area contributed by atoms with E-state index in [0.717, 1.165) is 22.3 Å². The van der Waals surface area contributed by atoms with Gasteiger partial charge in [0.1, 0.15) is 5.82 Å². The summed E-state index contributed by atoms with van der Waals surface area (Å²) in [6.45, 7) is 5.71. The zero-order valence-corrected chi connectivity index (χ0v) is 18.5. The van der Waals surface area contributed by atoms with Crippen LogP contribution in [-0.4, -0.2) is 22.8 Å². The first-order valence-electron chi connectivity index (χ1n) is 9.94. The van der Waals surface area contributed by atoms with E-state index in [1.165, 1.54) is 0 Å². The van der Waals surface area contributed by atoms with E-state index >= 15 is 0 Å². The van der Waals surface area contributed by atoms with Gasteiger partial charge in [-0.1, -0.05) is 29.8 Å². The van der Waals surface area contributed by atoms with Crippen LogP contribution in [0, 0.1) is 6.92 Å². The van der Waals surface area contributed by atoms with Gasteiger partial charge in [0.25, 0.3) is 5.91 Å². The number of halogens is 1. The summed E-state index contributed by atoms with van der Waals surface area (Å²) in [5.41, 5.74) is 10.4. The number of nitrogens with two attached hydrogens (primary N) is 1. The van der Waals surface area contributed by atoms with Crippen LogP contribution in [0.5, 0.6) is 0 Å². The monoisotopic (exact) mass is 436 g/mol. The number of aryl methyl sites for hydroxylation is 1. The fraction of sp³-hybridized carbons (Fsp3) is 0.208. The van der Waals surface area contributed by atoms with Crippen LogP contribution in [-0.2, 0) is 11.2 Å². The standard InChI is InChI=1S/C24H25ClN4O2/c1-14(2)28-24(31)21-12-17(13-27-23(21)26)20-9-8-19(10-15(20)3)29-22(30)11-16-4-6-18(25)7-5-16/h4-10,12-14H,11H2,1-3H3,(H2,26,27)(H,28,31)(H,29,30). The smallest absolute Gasteiger partial charge is 0.255 e.